The Balaban J connectivity index is 1.75. The van der Waals surface area contributed by atoms with Crippen molar-refractivity contribution < 1.29 is 0 Å². The van der Waals surface area contributed by atoms with E-state index in [2.05, 4.69) is 47.6 Å². The minimum atomic E-state index is 0.709. The molecular formula is C13H20N2. The summed E-state index contributed by atoms with van der Waals surface area (Å²) in [5.41, 5.74) is 1.45. The van der Waals surface area contributed by atoms with E-state index in [-0.39, 0.29) is 0 Å². The van der Waals surface area contributed by atoms with Crippen molar-refractivity contribution in [3.8, 4) is 0 Å². The SMILES string of the molecule is CNC1CCN(CCc2ccccc2)C1. The first-order chi connectivity index (χ1) is 7.38. The zero-order valence-electron chi connectivity index (χ0n) is 9.45. The molecule has 0 spiro atoms. The van der Waals surface area contributed by atoms with Gasteiger partial charge in [0, 0.05) is 19.1 Å². The lowest BCUT2D eigenvalue weighted by atomic mass is 10.1. The molecule has 1 aliphatic heterocycles. The van der Waals surface area contributed by atoms with E-state index in [1.54, 1.807) is 0 Å². The minimum absolute atomic E-state index is 0.709. The molecule has 1 aliphatic rings. The second kappa shape index (κ2) is 5.29. The fraction of sp³-hybridized carbons (Fsp3) is 0.538. The number of hydrogen-bond donors (Lipinski definition) is 1. The van der Waals surface area contributed by atoms with Crippen LogP contribution in [-0.4, -0.2) is 37.6 Å². The summed E-state index contributed by atoms with van der Waals surface area (Å²) in [5.74, 6) is 0. The standard InChI is InChI=1S/C13H20N2/c1-14-13-8-10-15(11-13)9-7-12-5-3-2-4-6-12/h2-6,13-14H,7-11H2,1H3. The first-order valence-electron chi connectivity index (χ1n) is 5.82. The van der Waals surface area contributed by atoms with Crippen molar-refractivity contribution in [1.82, 2.24) is 10.2 Å². The van der Waals surface area contributed by atoms with Gasteiger partial charge in [0.1, 0.15) is 0 Å². The Morgan fingerprint density at radius 2 is 2.13 bits per heavy atom. The van der Waals surface area contributed by atoms with Crippen LogP contribution < -0.4 is 5.32 Å². The van der Waals surface area contributed by atoms with E-state index < -0.39 is 0 Å². The van der Waals surface area contributed by atoms with E-state index in [4.69, 9.17) is 0 Å². The third-order valence-electron chi connectivity index (χ3n) is 3.24. The van der Waals surface area contributed by atoms with Crippen LogP contribution in [0.15, 0.2) is 30.3 Å². The maximum Gasteiger partial charge on any atom is 0.0204 e. The predicted molar refractivity (Wildman–Crippen MR) is 64.1 cm³/mol. The van der Waals surface area contributed by atoms with Gasteiger partial charge in [0.15, 0.2) is 0 Å². The van der Waals surface area contributed by atoms with Gasteiger partial charge in [-0.2, -0.15) is 0 Å². The van der Waals surface area contributed by atoms with Crippen LogP contribution in [0.3, 0.4) is 0 Å². The molecule has 0 aliphatic carbocycles. The first-order valence-corrected chi connectivity index (χ1v) is 5.82. The Labute approximate surface area is 92.3 Å². The normalized spacial score (nSPS) is 22.1. The van der Waals surface area contributed by atoms with Gasteiger partial charge in [0.05, 0.1) is 0 Å². The van der Waals surface area contributed by atoms with Crippen LogP contribution in [0, 0.1) is 0 Å². The molecule has 1 atom stereocenters. The summed E-state index contributed by atoms with van der Waals surface area (Å²) < 4.78 is 0. The van der Waals surface area contributed by atoms with Crippen LogP contribution in [0.5, 0.6) is 0 Å². The number of nitrogens with one attached hydrogen (secondary N) is 1. The molecular weight excluding hydrogens is 184 g/mol. The van der Waals surface area contributed by atoms with Gasteiger partial charge >= 0.3 is 0 Å². The Morgan fingerprint density at radius 1 is 1.33 bits per heavy atom. The lowest BCUT2D eigenvalue weighted by molar-refractivity contribution is 0.334. The lowest BCUT2D eigenvalue weighted by Crippen LogP contribution is -2.30. The van der Waals surface area contributed by atoms with E-state index in [9.17, 15) is 0 Å². The number of likely N-dealkylation sites (tertiary alicyclic amines) is 1. The van der Waals surface area contributed by atoms with Gasteiger partial charge in [-0.3, -0.25) is 0 Å². The summed E-state index contributed by atoms with van der Waals surface area (Å²) in [6.07, 6.45) is 2.47. The molecule has 82 valence electrons. The first kappa shape index (κ1) is 10.7. The Morgan fingerprint density at radius 3 is 2.80 bits per heavy atom. The molecule has 2 nitrogen and oxygen atoms in total. The number of hydrogen-bond acceptors (Lipinski definition) is 2. The molecule has 1 heterocycles. The maximum atomic E-state index is 3.35. The van der Waals surface area contributed by atoms with Crippen molar-refractivity contribution in [2.45, 2.75) is 18.9 Å². The molecule has 1 aromatic carbocycles. The highest BCUT2D eigenvalue weighted by Gasteiger charge is 2.19. The fourth-order valence-corrected chi connectivity index (χ4v) is 2.20. The van der Waals surface area contributed by atoms with Gasteiger partial charge in [0.25, 0.3) is 0 Å². The highest BCUT2D eigenvalue weighted by Crippen LogP contribution is 2.09. The molecule has 0 aromatic heterocycles. The molecule has 1 N–H and O–H groups in total. The molecule has 15 heavy (non-hydrogen) atoms. The van der Waals surface area contributed by atoms with Gasteiger partial charge in [-0.15, -0.1) is 0 Å². The van der Waals surface area contributed by atoms with Crippen molar-refractivity contribution >= 4 is 0 Å². The van der Waals surface area contributed by atoms with E-state index in [1.807, 2.05) is 0 Å². The molecule has 1 aromatic rings. The second-order valence-electron chi connectivity index (χ2n) is 4.31. The second-order valence-corrected chi connectivity index (χ2v) is 4.31. The maximum absolute atomic E-state index is 3.35. The van der Waals surface area contributed by atoms with Crippen LogP contribution >= 0.6 is 0 Å². The molecule has 0 bridgehead atoms. The molecule has 0 amide bonds. The van der Waals surface area contributed by atoms with Gasteiger partial charge in [-0.05, 0) is 32.0 Å². The number of benzene rings is 1. The monoisotopic (exact) mass is 204 g/mol. The van der Waals surface area contributed by atoms with Crippen LogP contribution in [-0.2, 0) is 6.42 Å². The molecule has 2 heteroatoms. The van der Waals surface area contributed by atoms with Gasteiger partial charge in [-0.1, -0.05) is 30.3 Å². The van der Waals surface area contributed by atoms with Crippen LogP contribution in [0.4, 0.5) is 0 Å². The summed E-state index contributed by atoms with van der Waals surface area (Å²) >= 11 is 0. The Hall–Kier alpha value is -0.860. The van der Waals surface area contributed by atoms with Crippen LogP contribution in [0.1, 0.15) is 12.0 Å². The zero-order chi connectivity index (χ0) is 10.5. The summed E-state index contributed by atoms with van der Waals surface area (Å²) in [7, 11) is 2.06. The van der Waals surface area contributed by atoms with Gasteiger partial charge < -0.3 is 10.2 Å². The van der Waals surface area contributed by atoms with Crippen molar-refractivity contribution in [2.75, 3.05) is 26.7 Å². The van der Waals surface area contributed by atoms with E-state index in [0.717, 1.165) is 0 Å². The van der Waals surface area contributed by atoms with Gasteiger partial charge in [0.2, 0.25) is 0 Å². The van der Waals surface area contributed by atoms with Crippen molar-refractivity contribution in [1.29, 1.82) is 0 Å². The Bertz CT molecular complexity index is 284. The largest absolute Gasteiger partial charge is 0.316 e. The Kier molecular flexibility index (Phi) is 3.75. The van der Waals surface area contributed by atoms with Crippen LogP contribution in [0.25, 0.3) is 0 Å². The van der Waals surface area contributed by atoms with Crippen molar-refractivity contribution in [3.05, 3.63) is 35.9 Å². The molecule has 0 radical (unpaired) electrons. The van der Waals surface area contributed by atoms with Crippen LogP contribution in [0.2, 0.25) is 0 Å². The van der Waals surface area contributed by atoms with Crippen molar-refractivity contribution in [3.63, 3.8) is 0 Å². The van der Waals surface area contributed by atoms with Gasteiger partial charge in [-0.25, -0.2) is 0 Å². The predicted octanol–water partition coefficient (Wildman–Crippen LogP) is 1.52. The molecule has 1 unspecified atom stereocenters. The lowest BCUT2D eigenvalue weighted by Gasteiger charge is -2.15. The average molecular weight is 204 g/mol. The summed E-state index contributed by atoms with van der Waals surface area (Å²) in [5, 5.41) is 3.35. The number of rotatable bonds is 4. The summed E-state index contributed by atoms with van der Waals surface area (Å²) in [6.45, 7) is 3.66. The minimum Gasteiger partial charge on any atom is -0.316 e. The quantitative estimate of drug-likeness (QED) is 0.800. The highest BCUT2D eigenvalue weighted by atomic mass is 15.2. The third-order valence-corrected chi connectivity index (χ3v) is 3.24. The average Bonchev–Trinajstić information content (AvgIpc) is 2.76. The van der Waals surface area contributed by atoms with E-state index in [1.165, 1.54) is 38.0 Å². The molecule has 1 fully saturated rings. The summed E-state index contributed by atoms with van der Waals surface area (Å²) in [4.78, 5) is 2.55. The van der Waals surface area contributed by atoms with E-state index >= 15 is 0 Å². The molecule has 2 rings (SSSR count). The molecule has 0 saturated carbocycles. The number of nitrogens with zero attached hydrogens (tertiary/aromatic N) is 1. The topological polar surface area (TPSA) is 15.3 Å². The summed E-state index contributed by atoms with van der Waals surface area (Å²) in [6, 6.07) is 11.5. The third kappa shape index (κ3) is 3.05. The fourth-order valence-electron chi connectivity index (χ4n) is 2.20. The highest BCUT2D eigenvalue weighted by molar-refractivity contribution is 5.14. The zero-order valence-corrected chi connectivity index (χ0v) is 9.45. The van der Waals surface area contributed by atoms with E-state index in [0.29, 0.717) is 6.04 Å². The number of likely N-dealkylation sites (N-methyl/N-ethyl adjacent to an activating group) is 1. The molecule has 1 saturated heterocycles. The van der Waals surface area contributed by atoms with Crippen molar-refractivity contribution in [2.24, 2.45) is 0 Å². The smallest absolute Gasteiger partial charge is 0.0204 e.